The van der Waals surface area contributed by atoms with Gasteiger partial charge in [0.15, 0.2) is 0 Å². The van der Waals surface area contributed by atoms with Crippen LogP contribution in [0.5, 0.6) is 0 Å². The number of carbonyl (C=O) groups excluding carboxylic acids is 2. The highest BCUT2D eigenvalue weighted by molar-refractivity contribution is 5.95. The van der Waals surface area contributed by atoms with E-state index in [2.05, 4.69) is 0 Å². The molecule has 0 saturated carbocycles. The molecule has 0 aliphatic carbocycles. The van der Waals surface area contributed by atoms with Crippen molar-refractivity contribution in [3.8, 4) is 11.1 Å². The fraction of sp³-hybridized carbons (Fsp3) is 0.391. The molecule has 0 bridgehead atoms. The van der Waals surface area contributed by atoms with E-state index in [1.54, 1.807) is 9.80 Å². The first-order valence-corrected chi connectivity index (χ1v) is 10.4. The number of nitrogens with zero attached hydrogens (tertiary/aromatic N) is 2. The van der Waals surface area contributed by atoms with E-state index in [1.165, 1.54) is 24.3 Å². The summed E-state index contributed by atoms with van der Waals surface area (Å²) in [6.45, 7) is 2.15. The highest BCUT2D eigenvalue weighted by Crippen LogP contribution is 2.37. The Morgan fingerprint density at radius 1 is 0.938 bits per heavy atom. The fourth-order valence-corrected chi connectivity index (χ4v) is 4.08. The van der Waals surface area contributed by atoms with Crippen LogP contribution in [0.4, 0.5) is 17.6 Å². The Balaban J connectivity index is 1.43. The fourth-order valence-electron chi connectivity index (χ4n) is 4.08. The van der Waals surface area contributed by atoms with Gasteiger partial charge in [-0.1, -0.05) is 18.2 Å². The van der Waals surface area contributed by atoms with Crippen LogP contribution in [0.3, 0.4) is 0 Å². The molecule has 2 aliphatic rings. The van der Waals surface area contributed by atoms with E-state index in [0.717, 1.165) is 18.6 Å². The van der Waals surface area contributed by atoms with Crippen LogP contribution in [0, 0.1) is 5.82 Å². The topological polar surface area (TPSA) is 49.9 Å². The van der Waals surface area contributed by atoms with Gasteiger partial charge in [0.1, 0.15) is 11.9 Å². The molecule has 9 heteroatoms. The Labute approximate surface area is 182 Å². The van der Waals surface area contributed by atoms with Crippen LogP contribution in [0.25, 0.3) is 11.1 Å². The Kier molecular flexibility index (Phi) is 6.19. The second-order valence-corrected chi connectivity index (χ2v) is 7.88. The zero-order valence-corrected chi connectivity index (χ0v) is 17.2. The minimum Gasteiger partial charge on any atom is -0.368 e. The molecular formula is C23H22F4N2O3. The first-order valence-electron chi connectivity index (χ1n) is 10.4. The predicted molar refractivity (Wildman–Crippen MR) is 108 cm³/mol. The largest absolute Gasteiger partial charge is 0.417 e. The molecule has 2 heterocycles. The molecule has 2 aromatic rings. The molecule has 1 unspecified atom stereocenters. The summed E-state index contributed by atoms with van der Waals surface area (Å²) in [6.07, 6.45) is -3.51. The molecule has 1 atom stereocenters. The molecular weight excluding hydrogens is 428 g/mol. The molecule has 2 aliphatic heterocycles. The van der Waals surface area contributed by atoms with Gasteiger partial charge < -0.3 is 14.5 Å². The van der Waals surface area contributed by atoms with E-state index in [1.807, 2.05) is 0 Å². The van der Waals surface area contributed by atoms with Crippen molar-refractivity contribution in [3.63, 3.8) is 0 Å². The minimum atomic E-state index is -4.70. The van der Waals surface area contributed by atoms with Crippen LogP contribution >= 0.6 is 0 Å². The Bertz CT molecular complexity index is 993. The number of amides is 2. The van der Waals surface area contributed by atoms with Gasteiger partial charge in [-0.3, -0.25) is 9.59 Å². The Morgan fingerprint density at radius 3 is 2.19 bits per heavy atom. The Hall–Kier alpha value is -2.94. The van der Waals surface area contributed by atoms with Crippen molar-refractivity contribution < 1.29 is 31.9 Å². The van der Waals surface area contributed by atoms with Crippen molar-refractivity contribution >= 4 is 11.8 Å². The number of carbonyl (C=O) groups is 2. The number of ether oxygens (including phenoxy) is 1. The van der Waals surface area contributed by atoms with Gasteiger partial charge in [-0.05, 0) is 48.2 Å². The molecule has 4 rings (SSSR count). The van der Waals surface area contributed by atoms with Gasteiger partial charge in [-0.25, -0.2) is 4.39 Å². The second kappa shape index (κ2) is 8.90. The number of benzene rings is 2. The zero-order chi connectivity index (χ0) is 22.9. The third-order valence-electron chi connectivity index (χ3n) is 5.81. The lowest BCUT2D eigenvalue weighted by atomic mass is 9.98. The summed E-state index contributed by atoms with van der Waals surface area (Å²) < 4.78 is 58.6. The van der Waals surface area contributed by atoms with Crippen LogP contribution in [0.2, 0.25) is 0 Å². The molecule has 2 amide bonds. The molecule has 0 spiro atoms. The summed E-state index contributed by atoms with van der Waals surface area (Å²) >= 11 is 0. The average Bonchev–Trinajstić information content (AvgIpc) is 3.33. The molecule has 5 nitrogen and oxygen atoms in total. The van der Waals surface area contributed by atoms with E-state index < -0.39 is 23.7 Å². The molecule has 2 fully saturated rings. The van der Waals surface area contributed by atoms with Crippen LogP contribution in [-0.4, -0.2) is 60.5 Å². The van der Waals surface area contributed by atoms with Crippen molar-refractivity contribution in [2.45, 2.75) is 25.1 Å². The number of hydrogen-bond acceptors (Lipinski definition) is 3. The van der Waals surface area contributed by atoms with Crippen LogP contribution < -0.4 is 0 Å². The van der Waals surface area contributed by atoms with Gasteiger partial charge in [0.25, 0.3) is 11.8 Å². The highest BCUT2D eigenvalue weighted by Gasteiger charge is 2.34. The zero-order valence-electron chi connectivity index (χ0n) is 17.2. The first-order chi connectivity index (χ1) is 15.2. The monoisotopic (exact) mass is 450 g/mol. The smallest absolute Gasteiger partial charge is 0.368 e. The normalized spacial score (nSPS) is 19.3. The molecule has 2 saturated heterocycles. The van der Waals surface area contributed by atoms with Crippen molar-refractivity contribution in [2.24, 2.45) is 0 Å². The lowest BCUT2D eigenvalue weighted by Gasteiger charge is -2.35. The molecule has 0 radical (unpaired) electrons. The van der Waals surface area contributed by atoms with E-state index in [0.29, 0.717) is 50.8 Å². The summed E-state index contributed by atoms with van der Waals surface area (Å²) in [7, 11) is 0. The second-order valence-electron chi connectivity index (χ2n) is 7.88. The van der Waals surface area contributed by atoms with Gasteiger partial charge in [0.2, 0.25) is 0 Å². The van der Waals surface area contributed by atoms with Crippen LogP contribution in [0.1, 0.15) is 28.8 Å². The van der Waals surface area contributed by atoms with Crippen molar-refractivity contribution in [1.29, 1.82) is 0 Å². The summed E-state index contributed by atoms with van der Waals surface area (Å²) in [4.78, 5) is 28.6. The van der Waals surface area contributed by atoms with Crippen molar-refractivity contribution in [3.05, 3.63) is 59.4 Å². The number of hydrogen-bond donors (Lipinski definition) is 0. The molecule has 32 heavy (non-hydrogen) atoms. The number of piperazine rings is 1. The van der Waals surface area contributed by atoms with Gasteiger partial charge in [-0.15, -0.1) is 0 Å². The van der Waals surface area contributed by atoms with E-state index in [4.69, 9.17) is 4.74 Å². The van der Waals surface area contributed by atoms with E-state index in [-0.39, 0.29) is 22.9 Å². The first kappa shape index (κ1) is 22.3. The van der Waals surface area contributed by atoms with Crippen molar-refractivity contribution in [1.82, 2.24) is 9.80 Å². The van der Waals surface area contributed by atoms with Gasteiger partial charge in [0, 0.05) is 38.3 Å². The maximum absolute atomic E-state index is 13.4. The highest BCUT2D eigenvalue weighted by atomic mass is 19.4. The van der Waals surface area contributed by atoms with Crippen LogP contribution in [0.15, 0.2) is 42.5 Å². The third-order valence-corrected chi connectivity index (χ3v) is 5.81. The molecule has 170 valence electrons. The molecule has 0 aromatic heterocycles. The standard InChI is InChI=1S/C23H22F4N2O3/c24-17-7-8-18(19(14-17)23(25,26)27)15-3-5-16(6-4-15)21(30)28-9-11-29(12-10-28)22(31)20-2-1-13-32-20/h3-8,14,20H,1-2,9-13H2. The Morgan fingerprint density at radius 2 is 1.59 bits per heavy atom. The number of rotatable bonds is 3. The van der Waals surface area contributed by atoms with Crippen molar-refractivity contribution in [2.75, 3.05) is 32.8 Å². The van der Waals surface area contributed by atoms with Crippen LogP contribution in [-0.2, 0) is 15.7 Å². The number of alkyl halides is 3. The lowest BCUT2D eigenvalue weighted by Crippen LogP contribution is -2.52. The minimum absolute atomic E-state index is 0.0429. The molecule has 0 N–H and O–H groups in total. The summed E-state index contributed by atoms with van der Waals surface area (Å²) in [6, 6.07) is 8.29. The van der Waals surface area contributed by atoms with Gasteiger partial charge in [0.05, 0.1) is 5.56 Å². The quantitative estimate of drug-likeness (QED) is 0.665. The predicted octanol–water partition coefficient (Wildman–Crippen LogP) is 3.97. The van der Waals surface area contributed by atoms with Gasteiger partial charge in [-0.2, -0.15) is 13.2 Å². The maximum Gasteiger partial charge on any atom is 0.417 e. The number of halogens is 4. The van der Waals surface area contributed by atoms with Gasteiger partial charge >= 0.3 is 6.18 Å². The van der Waals surface area contributed by atoms with E-state index >= 15 is 0 Å². The third kappa shape index (κ3) is 4.62. The summed E-state index contributed by atoms with van der Waals surface area (Å²) in [5.74, 6) is -1.26. The summed E-state index contributed by atoms with van der Waals surface area (Å²) in [5.41, 5.74) is -0.646. The maximum atomic E-state index is 13.4. The average molecular weight is 450 g/mol. The van der Waals surface area contributed by atoms with E-state index in [9.17, 15) is 27.2 Å². The summed E-state index contributed by atoms with van der Waals surface area (Å²) in [5, 5.41) is 0. The lowest BCUT2D eigenvalue weighted by molar-refractivity contribution is -0.142. The molecule has 2 aromatic carbocycles. The SMILES string of the molecule is O=C(c1ccc(-c2ccc(F)cc2C(F)(F)F)cc1)N1CCN(C(=O)C2CCCO2)CC1.